The van der Waals surface area contributed by atoms with E-state index in [-0.39, 0.29) is 19.0 Å². The molecule has 0 saturated heterocycles. The number of aliphatic hydroxyl groups excluding tert-OH is 1. The zero-order valence-electron chi connectivity index (χ0n) is 11.3. The molecule has 0 spiro atoms. The fraction of sp³-hybridized carbons (Fsp3) is 0.429. The van der Waals surface area contributed by atoms with Crippen LogP contribution in [0.3, 0.4) is 0 Å². The number of nitrogens with zero attached hydrogens (tertiary/aromatic N) is 1. The molecular weight excluding hydrogens is 260 g/mol. The first-order valence-electron chi connectivity index (χ1n) is 6.65. The van der Waals surface area contributed by atoms with E-state index in [4.69, 9.17) is 4.42 Å². The Bertz CT molecular complexity index is 644. The summed E-state index contributed by atoms with van der Waals surface area (Å²) in [7, 11) is 0. The number of hydrogen-bond donors (Lipinski definition) is 2. The molecule has 1 unspecified atom stereocenters. The number of benzene rings is 1. The standard InChI is InChI=1S/C14H18N2O4/c1-2-5-10(17)8-15-13(18)9-16-11-6-3-4-7-12(11)20-14(16)19/h3-4,6-7,10,17H,2,5,8-9H2,1H3,(H,15,18). The van der Waals surface area contributed by atoms with Gasteiger partial charge in [0.05, 0.1) is 11.6 Å². The van der Waals surface area contributed by atoms with Gasteiger partial charge in [-0.1, -0.05) is 25.5 Å². The van der Waals surface area contributed by atoms with Gasteiger partial charge in [-0.3, -0.25) is 9.36 Å². The number of aromatic nitrogens is 1. The number of rotatable bonds is 6. The van der Waals surface area contributed by atoms with Crippen molar-refractivity contribution in [2.24, 2.45) is 0 Å². The van der Waals surface area contributed by atoms with Crippen LogP contribution in [-0.2, 0) is 11.3 Å². The highest BCUT2D eigenvalue weighted by Gasteiger charge is 2.12. The van der Waals surface area contributed by atoms with E-state index in [1.807, 2.05) is 6.92 Å². The van der Waals surface area contributed by atoms with Gasteiger partial charge >= 0.3 is 5.76 Å². The van der Waals surface area contributed by atoms with E-state index in [9.17, 15) is 14.7 Å². The summed E-state index contributed by atoms with van der Waals surface area (Å²) in [5, 5.41) is 12.2. The van der Waals surface area contributed by atoms with Crippen LogP contribution in [0.25, 0.3) is 11.1 Å². The molecule has 0 saturated carbocycles. The molecule has 0 fully saturated rings. The zero-order chi connectivity index (χ0) is 14.5. The predicted molar refractivity (Wildman–Crippen MR) is 74.4 cm³/mol. The predicted octanol–water partition coefficient (Wildman–Crippen LogP) is 0.872. The summed E-state index contributed by atoms with van der Waals surface area (Å²) in [4.78, 5) is 23.5. The highest BCUT2D eigenvalue weighted by molar-refractivity contribution is 5.79. The average Bonchev–Trinajstić information content (AvgIpc) is 2.73. The van der Waals surface area contributed by atoms with Gasteiger partial charge < -0.3 is 14.8 Å². The molecule has 1 heterocycles. The van der Waals surface area contributed by atoms with Crippen LogP contribution >= 0.6 is 0 Å². The molecule has 0 bridgehead atoms. The normalized spacial score (nSPS) is 12.5. The van der Waals surface area contributed by atoms with Gasteiger partial charge in [-0.05, 0) is 18.6 Å². The molecule has 20 heavy (non-hydrogen) atoms. The van der Waals surface area contributed by atoms with Crippen LogP contribution in [0.15, 0.2) is 33.5 Å². The summed E-state index contributed by atoms with van der Waals surface area (Å²) >= 11 is 0. The first-order chi connectivity index (χ1) is 9.61. The number of carbonyl (C=O) groups is 1. The molecule has 1 atom stereocenters. The van der Waals surface area contributed by atoms with E-state index in [1.165, 1.54) is 4.57 Å². The number of aliphatic hydroxyl groups is 1. The Kier molecular flexibility index (Phi) is 4.57. The number of amides is 1. The largest absolute Gasteiger partial charge is 0.420 e. The smallest absolute Gasteiger partial charge is 0.408 e. The minimum atomic E-state index is -0.560. The zero-order valence-corrected chi connectivity index (χ0v) is 11.3. The molecular formula is C14H18N2O4. The Morgan fingerprint density at radius 3 is 2.95 bits per heavy atom. The lowest BCUT2D eigenvalue weighted by Gasteiger charge is -2.10. The second-order valence-electron chi connectivity index (χ2n) is 4.67. The molecule has 6 nitrogen and oxygen atoms in total. The summed E-state index contributed by atoms with van der Waals surface area (Å²) in [6, 6.07) is 6.93. The van der Waals surface area contributed by atoms with Crippen molar-refractivity contribution in [2.75, 3.05) is 6.54 Å². The van der Waals surface area contributed by atoms with Crippen molar-refractivity contribution in [1.82, 2.24) is 9.88 Å². The van der Waals surface area contributed by atoms with Crippen molar-refractivity contribution in [1.29, 1.82) is 0 Å². The maximum atomic E-state index is 11.8. The summed E-state index contributed by atoms with van der Waals surface area (Å²) in [5.74, 6) is -0.885. The van der Waals surface area contributed by atoms with E-state index in [0.717, 1.165) is 6.42 Å². The molecule has 0 radical (unpaired) electrons. The highest BCUT2D eigenvalue weighted by atomic mass is 16.4. The molecule has 1 aromatic heterocycles. The van der Waals surface area contributed by atoms with Gasteiger partial charge in [-0.25, -0.2) is 4.79 Å². The molecule has 6 heteroatoms. The van der Waals surface area contributed by atoms with E-state index >= 15 is 0 Å². The molecule has 2 N–H and O–H groups in total. The lowest BCUT2D eigenvalue weighted by molar-refractivity contribution is -0.122. The minimum absolute atomic E-state index is 0.116. The van der Waals surface area contributed by atoms with Crippen molar-refractivity contribution in [3.63, 3.8) is 0 Å². The number of oxazole rings is 1. The van der Waals surface area contributed by atoms with Crippen molar-refractivity contribution >= 4 is 17.0 Å². The molecule has 0 aliphatic carbocycles. The van der Waals surface area contributed by atoms with Gasteiger partial charge in [0.1, 0.15) is 6.54 Å². The van der Waals surface area contributed by atoms with Gasteiger partial charge in [0.25, 0.3) is 0 Å². The van der Waals surface area contributed by atoms with Crippen LogP contribution in [0.5, 0.6) is 0 Å². The lowest BCUT2D eigenvalue weighted by atomic mass is 10.2. The van der Waals surface area contributed by atoms with Crippen molar-refractivity contribution in [3.05, 3.63) is 34.8 Å². The Morgan fingerprint density at radius 2 is 2.20 bits per heavy atom. The molecule has 1 amide bonds. The third-order valence-corrected chi connectivity index (χ3v) is 3.03. The number of nitrogens with one attached hydrogen (secondary N) is 1. The van der Waals surface area contributed by atoms with Gasteiger partial charge in [0.15, 0.2) is 5.58 Å². The number of para-hydroxylation sites is 2. The van der Waals surface area contributed by atoms with Crippen LogP contribution < -0.4 is 11.1 Å². The Balaban J connectivity index is 2.03. The fourth-order valence-corrected chi connectivity index (χ4v) is 2.03. The molecule has 1 aromatic carbocycles. The first-order valence-corrected chi connectivity index (χ1v) is 6.65. The second kappa shape index (κ2) is 6.38. The van der Waals surface area contributed by atoms with E-state index in [1.54, 1.807) is 24.3 Å². The number of carbonyl (C=O) groups excluding carboxylic acids is 1. The highest BCUT2D eigenvalue weighted by Crippen LogP contribution is 2.11. The molecule has 0 aliphatic rings. The minimum Gasteiger partial charge on any atom is -0.408 e. The maximum absolute atomic E-state index is 11.8. The van der Waals surface area contributed by atoms with Crippen LogP contribution in [0.1, 0.15) is 19.8 Å². The molecule has 2 rings (SSSR count). The average molecular weight is 278 g/mol. The monoisotopic (exact) mass is 278 g/mol. The third kappa shape index (κ3) is 3.27. The summed E-state index contributed by atoms with van der Waals surface area (Å²) < 4.78 is 6.32. The van der Waals surface area contributed by atoms with Crippen LogP contribution in [0, 0.1) is 0 Å². The Hall–Kier alpha value is -2.08. The summed E-state index contributed by atoms with van der Waals surface area (Å²) in [6.45, 7) is 2.04. The number of hydrogen-bond acceptors (Lipinski definition) is 4. The van der Waals surface area contributed by atoms with Crippen molar-refractivity contribution in [2.45, 2.75) is 32.4 Å². The van der Waals surface area contributed by atoms with Gasteiger partial charge in [0.2, 0.25) is 5.91 Å². The van der Waals surface area contributed by atoms with Gasteiger partial charge in [-0.2, -0.15) is 0 Å². The van der Waals surface area contributed by atoms with Crippen molar-refractivity contribution < 1.29 is 14.3 Å². The van der Waals surface area contributed by atoms with Crippen LogP contribution in [0.4, 0.5) is 0 Å². The maximum Gasteiger partial charge on any atom is 0.420 e. The molecule has 108 valence electrons. The quantitative estimate of drug-likeness (QED) is 0.821. The molecule has 2 aromatic rings. The van der Waals surface area contributed by atoms with E-state index < -0.39 is 11.9 Å². The summed E-state index contributed by atoms with van der Waals surface area (Å²) in [5.41, 5.74) is 1.04. The van der Waals surface area contributed by atoms with Gasteiger partial charge in [0, 0.05) is 6.54 Å². The van der Waals surface area contributed by atoms with E-state index in [2.05, 4.69) is 5.32 Å². The second-order valence-corrected chi connectivity index (χ2v) is 4.67. The molecule has 0 aliphatic heterocycles. The third-order valence-electron chi connectivity index (χ3n) is 3.03. The van der Waals surface area contributed by atoms with Crippen LogP contribution in [0.2, 0.25) is 0 Å². The SMILES string of the molecule is CCCC(O)CNC(=O)Cn1c(=O)oc2ccccc21. The van der Waals surface area contributed by atoms with Crippen molar-refractivity contribution in [3.8, 4) is 0 Å². The van der Waals surface area contributed by atoms with E-state index in [0.29, 0.717) is 17.5 Å². The lowest BCUT2D eigenvalue weighted by Crippen LogP contribution is -2.35. The number of fused-ring (bicyclic) bond motifs is 1. The fourth-order valence-electron chi connectivity index (χ4n) is 2.03. The summed E-state index contributed by atoms with van der Waals surface area (Å²) in [6.07, 6.45) is 0.930. The Morgan fingerprint density at radius 1 is 1.45 bits per heavy atom. The van der Waals surface area contributed by atoms with Gasteiger partial charge in [-0.15, -0.1) is 0 Å². The Labute approximate surface area is 116 Å². The topological polar surface area (TPSA) is 84.5 Å². The van der Waals surface area contributed by atoms with Crippen LogP contribution in [-0.4, -0.2) is 28.2 Å². The first kappa shape index (κ1) is 14.3.